The molecule has 1 aliphatic heterocycles. The lowest BCUT2D eigenvalue weighted by Gasteiger charge is -2.34. The van der Waals surface area contributed by atoms with E-state index >= 15 is 0 Å². The van der Waals surface area contributed by atoms with Gasteiger partial charge >= 0.3 is 0 Å². The molecule has 6 heteroatoms. The van der Waals surface area contributed by atoms with Crippen molar-refractivity contribution in [2.75, 3.05) is 13.1 Å². The number of hydrogen-bond acceptors (Lipinski definition) is 3. The van der Waals surface area contributed by atoms with Crippen molar-refractivity contribution in [2.24, 2.45) is 5.92 Å². The molecule has 126 valence electrons. The van der Waals surface area contributed by atoms with Crippen LogP contribution in [0.25, 0.3) is 0 Å². The Bertz CT molecular complexity index is 551. The summed E-state index contributed by atoms with van der Waals surface area (Å²) in [6.07, 6.45) is 1.25. The van der Waals surface area contributed by atoms with Crippen molar-refractivity contribution < 1.29 is 14.7 Å². The smallest absolute Gasteiger partial charge is 0.251 e. The Morgan fingerprint density at radius 2 is 1.78 bits per heavy atom. The summed E-state index contributed by atoms with van der Waals surface area (Å²) >= 11 is 5.80. The third kappa shape index (κ3) is 4.69. The first kappa shape index (κ1) is 17.8. The predicted molar refractivity (Wildman–Crippen MR) is 89.4 cm³/mol. The van der Waals surface area contributed by atoms with Gasteiger partial charge in [-0.3, -0.25) is 9.59 Å². The summed E-state index contributed by atoms with van der Waals surface area (Å²) in [5.41, 5.74) is 0.474. The summed E-state index contributed by atoms with van der Waals surface area (Å²) in [4.78, 5) is 26.3. The summed E-state index contributed by atoms with van der Waals surface area (Å²) in [6.45, 7) is 4.72. The summed E-state index contributed by atoms with van der Waals surface area (Å²) < 4.78 is 0. The molecule has 2 N–H and O–H groups in total. The number of likely N-dealkylation sites (tertiary alicyclic amines) is 1. The zero-order valence-corrected chi connectivity index (χ0v) is 14.2. The monoisotopic (exact) mass is 338 g/mol. The van der Waals surface area contributed by atoms with Crippen LogP contribution in [0.5, 0.6) is 0 Å². The lowest BCUT2D eigenvalue weighted by atomic mass is 9.92. The number of piperidine rings is 1. The number of amides is 2. The maximum atomic E-state index is 12.4. The Balaban J connectivity index is 1.88. The van der Waals surface area contributed by atoms with Crippen molar-refractivity contribution in [2.45, 2.75) is 38.8 Å². The van der Waals surface area contributed by atoms with Gasteiger partial charge in [-0.2, -0.15) is 0 Å². The Kier molecular flexibility index (Phi) is 6.02. The van der Waals surface area contributed by atoms with Crippen LogP contribution < -0.4 is 5.32 Å². The molecule has 0 aromatic heterocycles. The minimum atomic E-state index is -0.582. The minimum Gasteiger partial charge on any atom is -0.393 e. The number of nitrogens with zero attached hydrogens (tertiary/aromatic N) is 1. The van der Waals surface area contributed by atoms with E-state index in [4.69, 9.17) is 11.6 Å². The largest absolute Gasteiger partial charge is 0.393 e. The van der Waals surface area contributed by atoms with Gasteiger partial charge in [0.15, 0.2) is 0 Å². The first-order valence-electron chi connectivity index (χ1n) is 7.91. The van der Waals surface area contributed by atoms with Gasteiger partial charge in [-0.05, 0) is 56.9 Å². The first-order valence-corrected chi connectivity index (χ1v) is 8.29. The van der Waals surface area contributed by atoms with Crippen molar-refractivity contribution in [3.63, 3.8) is 0 Å². The van der Waals surface area contributed by atoms with Gasteiger partial charge in [0.25, 0.3) is 5.91 Å². The highest BCUT2D eigenvalue weighted by atomic mass is 35.5. The van der Waals surface area contributed by atoms with Crippen molar-refractivity contribution >= 4 is 23.4 Å². The van der Waals surface area contributed by atoms with Crippen LogP contribution in [0, 0.1) is 5.92 Å². The first-order chi connectivity index (χ1) is 10.9. The Labute approximate surface area is 141 Å². The highest BCUT2D eigenvalue weighted by Gasteiger charge is 2.28. The summed E-state index contributed by atoms with van der Waals surface area (Å²) in [5, 5.41) is 12.9. The summed E-state index contributed by atoms with van der Waals surface area (Å²) in [7, 11) is 0. The van der Waals surface area contributed by atoms with E-state index in [1.54, 1.807) is 43.0 Å². The molecule has 2 rings (SSSR count). The van der Waals surface area contributed by atoms with E-state index in [0.29, 0.717) is 23.7 Å². The second-order valence-corrected chi connectivity index (χ2v) is 6.54. The van der Waals surface area contributed by atoms with E-state index in [-0.39, 0.29) is 23.8 Å². The van der Waals surface area contributed by atoms with Crippen LogP contribution >= 0.6 is 11.6 Å². The molecular weight excluding hydrogens is 316 g/mol. The van der Waals surface area contributed by atoms with E-state index in [9.17, 15) is 14.7 Å². The lowest BCUT2D eigenvalue weighted by molar-refractivity contribution is -0.134. The van der Waals surface area contributed by atoms with Crippen LogP contribution in [0.2, 0.25) is 5.02 Å². The predicted octanol–water partition coefficient (Wildman–Crippen LogP) is 2.08. The highest BCUT2D eigenvalue weighted by molar-refractivity contribution is 6.30. The molecule has 0 bridgehead atoms. The topological polar surface area (TPSA) is 69.6 Å². The van der Waals surface area contributed by atoms with E-state index in [1.165, 1.54) is 0 Å². The Morgan fingerprint density at radius 1 is 1.22 bits per heavy atom. The molecule has 23 heavy (non-hydrogen) atoms. The van der Waals surface area contributed by atoms with Crippen LogP contribution in [-0.4, -0.2) is 47.1 Å². The van der Waals surface area contributed by atoms with Crippen LogP contribution in [0.1, 0.15) is 37.0 Å². The number of halogens is 1. The molecular formula is C17H23ClN2O3. The lowest BCUT2D eigenvalue weighted by Crippen LogP contribution is -2.50. The average molecular weight is 339 g/mol. The van der Waals surface area contributed by atoms with E-state index < -0.39 is 6.04 Å². The standard InChI is InChI=1S/C17H23ClN2O3/c1-11(19-16(22)14-3-5-15(18)6-4-14)17(23)20-9-7-13(8-10-20)12(2)21/h3-6,11-13,21H,7-10H2,1-2H3,(H,19,22). The van der Waals surface area contributed by atoms with Crippen molar-refractivity contribution in [1.82, 2.24) is 10.2 Å². The zero-order chi connectivity index (χ0) is 17.0. The maximum Gasteiger partial charge on any atom is 0.251 e. The van der Waals surface area contributed by atoms with Crippen LogP contribution in [0.4, 0.5) is 0 Å². The van der Waals surface area contributed by atoms with Gasteiger partial charge in [0, 0.05) is 23.7 Å². The molecule has 1 aliphatic rings. The number of rotatable bonds is 4. The molecule has 0 radical (unpaired) electrons. The quantitative estimate of drug-likeness (QED) is 0.883. The highest BCUT2D eigenvalue weighted by Crippen LogP contribution is 2.21. The number of carbonyl (C=O) groups excluding carboxylic acids is 2. The van der Waals surface area contributed by atoms with Crippen LogP contribution in [0.3, 0.4) is 0 Å². The Hall–Kier alpha value is -1.59. The van der Waals surface area contributed by atoms with Crippen molar-refractivity contribution in [1.29, 1.82) is 0 Å². The fraction of sp³-hybridized carbons (Fsp3) is 0.529. The van der Waals surface area contributed by atoms with Gasteiger partial charge in [0.1, 0.15) is 6.04 Å². The molecule has 2 amide bonds. The second-order valence-electron chi connectivity index (χ2n) is 6.11. The minimum absolute atomic E-state index is 0.0867. The molecule has 0 aliphatic carbocycles. The number of aliphatic hydroxyl groups excluding tert-OH is 1. The SMILES string of the molecule is CC(NC(=O)c1ccc(Cl)cc1)C(=O)N1CCC(C(C)O)CC1. The molecule has 5 nitrogen and oxygen atoms in total. The number of nitrogens with one attached hydrogen (secondary N) is 1. The fourth-order valence-electron chi connectivity index (χ4n) is 2.82. The van der Waals surface area contributed by atoms with Gasteiger partial charge in [0.2, 0.25) is 5.91 Å². The van der Waals surface area contributed by atoms with E-state index in [0.717, 1.165) is 12.8 Å². The average Bonchev–Trinajstić information content (AvgIpc) is 2.54. The zero-order valence-electron chi connectivity index (χ0n) is 13.5. The van der Waals surface area contributed by atoms with E-state index in [2.05, 4.69) is 5.32 Å². The van der Waals surface area contributed by atoms with Gasteiger partial charge in [-0.25, -0.2) is 0 Å². The summed E-state index contributed by atoms with van der Waals surface area (Å²) in [5.74, 6) is -0.129. The molecule has 1 aromatic rings. The molecule has 1 aromatic carbocycles. The Morgan fingerprint density at radius 3 is 2.30 bits per heavy atom. The molecule has 1 heterocycles. The third-order valence-electron chi connectivity index (χ3n) is 4.36. The third-order valence-corrected chi connectivity index (χ3v) is 4.61. The van der Waals surface area contributed by atoms with Crippen molar-refractivity contribution in [3.05, 3.63) is 34.9 Å². The van der Waals surface area contributed by atoms with Gasteiger partial charge in [-0.15, -0.1) is 0 Å². The van der Waals surface area contributed by atoms with Crippen molar-refractivity contribution in [3.8, 4) is 0 Å². The van der Waals surface area contributed by atoms with Gasteiger partial charge < -0.3 is 15.3 Å². The molecule has 1 saturated heterocycles. The molecule has 0 saturated carbocycles. The second kappa shape index (κ2) is 7.79. The summed E-state index contributed by atoms with van der Waals surface area (Å²) in [6, 6.07) is 5.96. The fourth-order valence-corrected chi connectivity index (χ4v) is 2.95. The maximum absolute atomic E-state index is 12.4. The molecule has 2 unspecified atom stereocenters. The molecule has 0 spiro atoms. The van der Waals surface area contributed by atoms with Crippen LogP contribution in [0.15, 0.2) is 24.3 Å². The van der Waals surface area contributed by atoms with Gasteiger partial charge in [-0.1, -0.05) is 11.6 Å². The number of aliphatic hydroxyl groups is 1. The van der Waals surface area contributed by atoms with Gasteiger partial charge in [0.05, 0.1) is 6.10 Å². The van der Waals surface area contributed by atoms with Crippen LogP contribution in [-0.2, 0) is 4.79 Å². The number of benzene rings is 1. The van der Waals surface area contributed by atoms with E-state index in [1.807, 2.05) is 0 Å². The number of carbonyl (C=O) groups is 2. The molecule has 2 atom stereocenters. The normalized spacial score (nSPS) is 18.3. The molecule has 1 fully saturated rings. The number of hydrogen-bond donors (Lipinski definition) is 2.